The first-order valence-electron chi connectivity index (χ1n) is 13.1. The van der Waals surface area contributed by atoms with Crippen molar-refractivity contribution in [2.75, 3.05) is 4.90 Å². The van der Waals surface area contributed by atoms with E-state index >= 15 is 0 Å². The predicted molar refractivity (Wildman–Crippen MR) is 149 cm³/mol. The van der Waals surface area contributed by atoms with E-state index < -0.39 is 17.8 Å². The Bertz CT molecular complexity index is 1550. The van der Waals surface area contributed by atoms with Crippen LogP contribution in [0.3, 0.4) is 0 Å². The highest BCUT2D eigenvalue weighted by atomic mass is 16.6. The number of aromatic nitrogens is 3. The summed E-state index contributed by atoms with van der Waals surface area (Å²) in [6.45, 7) is 4.98. The fourth-order valence-electron chi connectivity index (χ4n) is 4.83. The third kappa shape index (κ3) is 5.66. The highest BCUT2D eigenvalue weighted by Crippen LogP contribution is 2.40. The lowest BCUT2D eigenvalue weighted by Gasteiger charge is -2.25. The van der Waals surface area contributed by atoms with Gasteiger partial charge >= 0.3 is 12.2 Å². The summed E-state index contributed by atoms with van der Waals surface area (Å²) in [7, 11) is 0. The summed E-state index contributed by atoms with van der Waals surface area (Å²) >= 11 is 0. The van der Waals surface area contributed by atoms with Gasteiger partial charge in [-0.25, -0.2) is 19.6 Å². The second-order valence-corrected chi connectivity index (χ2v) is 10.7. The van der Waals surface area contributed by atoms with Gasteiger partial charge in [-0.15, -0.1) is 0 Å². The third-order valence-electron chi connectivity index (χ3n) is 6.62. The molecule has 2 aromatic carbocycles. The van der Waals surface area contributed by atoms with Gasteiger partial charge in [-0.1, -0.05) is 30.3 Å². The van der Waals surface area contributed by atoms with Crippen molar-refractivity contribution in [1.29, 1.82) is 0 Å². The minimum atomic E-state index is -1.53. The fourth-order valence-corrected chi connectivity index (χ4v) is 4.83. The zero-order valence-corrected chi connectivity index (χ0v) is 22.5. The van der Waals surface area contributed by atoms with Crippen LogP contribution in [0.2, 0.25) is 0 Å². The van der Waals surface area contributed by atoms with E-state index in [1.165, 1.54) is 6.33 Å². The van der Waals surface area contributed by atoms with Crippen LogP contribution >= 0.6 is 0 Å². The summed E-state index contributed by atoms with van der Waals surface area (Å²) in [6.07, 6.45) is 2.75. The first kappa shape index (κ1) is 26.9. The van der Waals surface area contributed by atoms with Gasteiger partial charge in [0.2, 0.25) is 0 Å². The molecule has 1 aliphatic rings. The molecule has 10 heteroatoms. The highest BCUT2D eigenvalue weighted by Gasteiger charge is 2.34. The van der Waals surface area contributed by atoms with Gasteiger partial charge in [-0.2, -0.15) is 4.90 Å². The lowest BCUT2D eigenvalue weighted by molar-refractivity contribution is -0.120. The maximum absolute atomic E-state index is 13.1. The van der Waals surface area contributed by atoms with E-state index in [4.69, 9.17) is 9.47 Å². The van der Waals surface area contributed by atoms with E-state index in [1.807, 2.05) is 65.4 Å². The number of carbonyl (C=O) groups excluding carboxylic acids is 2. The number of rotatable bonds is 5. The van der Waals surface area contributed by atoms with Crippen molar-refractivity contribution >= 4 is 34.8 Å². The monoisotopic (exact) mass is 542 g/mol. The summed E-state index contributed by atoms with van der Waals surface area (Å²) in [5.41, 5.74) is 0.943. The standard InChI is InChI=1S/C30H30N4O6/c1-30(2,3)40-29(38)34(28(36)37)27-25-24(19-9-15-23(16-10-19)39-22-7-5-4-6-8-22)17-33(26(25)31-18-32-27)20-11-13-21(35)14-12-20/h4-10,15-18,20H,11-14H2,1-3H3,(H,36,37). The van der Waals surface area contributed by atoms with Gasteiger partial charge in [0.15, 0.2) is 5.82 Å². The summed E-state index contributed by atoms with van der Waals surface area (Å²) in [6, 6.07) is 16.7. The Kier molecular flexibility index (Phi) is 7.25. The molecule has 1 aliphatic carbocycles. The molecular weight excluding hydrogens is 512 g/mol. The molecular formula is C30H30N4O6. The maximum Gasteiger partial charge on any atom is 0.425 e. The molecule has 0 radical (unpaired) electrons. The first-order valence-corrected chi connectivity index (χ1v) is 13.1. The number of imide groups is 1. The zero-order valence-electron chi connectivity index (χ0n) is 22.5. The molecule has 40 heavy (non-hydrogen) atoms. The number of benzene rings is 2. The van der Waals surface area contributed by atoms with E-state index in [0.29, 0.717) is 58.7 Å². The molecule has 2 heterocycles. The number of carbonyl (C=O) groups is 3. The minimum Gasteiger partial charge on any atom is -0.464 e. The number of ketones is 1. The molecule has 206 valence electrons. The van der Waals surface area contributed by atoms with Crippen molar-refractivity contribution in [2.45, 2.75) is 58.1 Å². The maximum atomic E-state index is 13.1. The van der Waals surface area contributed by atoms with Crippen LogP contribution in [-0.2, 0) is 9.53 Å². The average molecular weight is 543 g/mol. The highest BCUT2D eigenvalue weighted by molar-refractivity contribution is 6.15. The van der Waals surface area contributed by atoms with Crippen molar-refractivity contribution < 1.29 is 29.0 Å². The Hall–Kier alpha value is -4.73. The van der Waals surface area contributed by atoms with E-state index in [0.717, 1.165) is 5.56 Å². The van der Waals surface area contributed by atoms with Crippen LogP contribution in [0.25, 0.3) is 22.2 Å². The van der Waals surface area contributed by atoms with Crippen LogP contribution < -0.4 is 9.64 Å². The molecule has 2 aromatic heterocycles. The molecule has 5 rings (SSSR count). The second kappa shape index (κ2) is 10.8. The van der Waals surface area contributed by atoms with Crippen molar-refractivity contribution in [2.24, 2.45) is 0 Å². The number of fused-ring (bicyclic) bond motifs is 1. The lowest BCUT2D eigenvalue weighted by atomic mass is 9.94. The van der Waals surface area contributed by atoms with Gasteiger partial charge in [0.1, 0.15) is 34.9 Å². The number of para-hydroxylation sites is 1. The summed E-state index contributed by atoms with van der Waals surface area (Å²) < 4.78 is 13.3. The number of nitrogens with zero attached hydrogens (tertiary/aromatic N) is 4. The Morgan fingerprint density at radius 1 is 0.975 bits per heavy atom. The van der Waals surface area contributed by atoms with E-state index in [2.05, 4.69) is 9.97 Å². The number of hydrogen-bond donors (Lipinski definition) is 1. The number of ether oxygens (including phenoxy) is 2. The van der Waals surface area contributed by atoms with Gasteiger partial charge < -0.3 is 19.1 Å². The van der Waals surface area contributed by atoms with E-state index in [1.54, 1.807) is 20.8 Å². The molecule has 0 aliphatic heterocycles. The van der Waals surface area contributed by atoms with Crippen molar-refractivity contribution in [3.63, 3.8) is 0 Å². The van der Waals surface area contributed by atoms with E-state index in [-0.39, 0.29) is 17.6 Å². The Labute approximate surface area is 231 Å². The molecule has 1 saturated carbocycles. The largest absolute Gasteiger partial charge is 0.464 e. The summed E-state index contributed by atoms with van der Waals surface area (Å²) in [5.74, 6) is 1.45. The average Bonchev–Trinajstić information content (AvgIpc) is 3.30. The molecule has 0 unspecified atom stereocenters. The minimum absolute atomic E-state index is 0.0165. The van der Waals surface area contributed by atoms with Crippen molar-refractivity contribution in [1.82, 2.24) is 14.5 Å². The van der Waals surface area contributed by atoms with Crippen molar-refractivity contribution in [3.8, 4) is 22.6 Å². The predicted octanol–water partition coefficient (Wildman–Crippen LogP) is 6.99. The molecule has 1 N–H and O–H groups in total. The zero-order chi connectivity index (χ0) is 28.4. The van der Waals surface area contributed by atoms with Gasteiger partial charge in [-0.3, -0.25) is 4.79 Å². The summed E-state index contributed by atoms with van der Waals surface area (Å²) in [5, 5.41) is 10.5. The lowest BCUT2D eigenvalue weighted by Crippen LogP contribution is -2.40. The molecule has 0 atom stereocenters. The van der Waals surface area contributed by atoms with Crippen LogP contribution in [0.4, 0.5) is 15.4 Å². The van der Waals surface area contributed by atoms with Gasteiger partial charge in [0.05, 0.1) is 5.39 Å². The number of hydrogen-bond acceptors (Lipinski definition) is 7. The molecule has 0 saturated heterocycles. The number of anilines is 1. The quantitative estimate of drug-likeness (QED) is 0.286. The van der Waals surface area contributed by atoms with Gasteiger partial charge in [0, 0.05) is 30.6 Å². The van der Waals surface area contributed by atoms with Crippen LogP contribution in [0, 0.1) is 0 Å². The smallest absolute Gasteiger partial charge is 0.425 e. The normalized spacial score (nSPS) is 14.2. The molecule has 0 spiro atoms. The first-order chi connectivity index (χ1) is 19.1. The number of carboxylic acid groups (broad SMARTS) is 1. The Balaban J connectivity index is 1.63. The van der Waals surface area contributed by atoms with Gasteiger partial charge in [0.25, 0.3) is 0 Å². The molecule has 0 bridgehead atoms. The van der Waals surface area contributed by atoms with Gasteiger partial charge in [-0.05, 0) is 63.4 Å². The van der Waals surface area contributed by atoms with Crippen LogP contribution in [0.5, 0.6) is 11.5 Å². The van der Waals surface area contributed by atoms with E-state index in [9.17, 15) is 19.5 Å². The van der Waals surface area contributed by atoms with Crippen LogP contribution in [0.15, 0.2) is 67.1 Å². The van der Waals surface area contributed by atoms with Crippen LogP contribution in [0.1, 0.15) is 52.5 Å². The summed E-state index contributed by atoms with van der Waals surface area (Å²) in [4.78, 5) is 46.6. The van der Waals surface area contributed by atoms with Crippen molar-refractivity contribution in [3.05, 3.63) is 67.1 Å². The Morgan fingerprint density at radius 3 is 2.25 bits per heavy atom. The Morgan fingerprint density at radius 2 is 1.62 bits per heavy atom. The fraction of sp³-hybridized carbons (Fsp3) is 0.300. The number of amides is 2. The molecule has 10 nitrogen and oxygen atoms in total. The van der Waals surface area contributed by atoms with Crippen LogP contribution in [-0.4, -0.2) is 43.2 Å². The second-order valence-electron chi connectivity index (χ2n) is 10.7. The number of Topliss-reactive ketones (excluding diaryl/α,β-unsaturated/α-hetero) is 1. The molecule has 1 fully saturated rings. The molecule has 4 aromatic rings. The third-order valence-corrected chi connectivity index (χ3v) is 6.62. The topological polar surface area (TPSA) is 124 Å². The SMILES string of the molecule is CC(C)(C)OC(=O)N(C(=O)O)c1ncnc2c1c(-c1ccc(Oc3ccccc3)cc1)cn2C1CCC(=O)CC1. The molecule has 2 amide bonds.